The van der Waals surface area contributed by atoms with E-state index in [9.17, 15) is 13.2 Å². The molecule has 2 aromatic carbocycles. The zero-order valence-corrected chi connectivity index (χ0v) is 19.2. The molecule has 0 saturated carbocycles. The predicted molar refractivity (Wildman–Crippen MR) is 121 cm³/mol. The van der Waals surface area contributed by atoms with Gasteiger partial charge in [-0.15, -0.1) is 0 Å². The summed E-state index contributed by atoms with van der Waals surface area (Å²) in [5.41, 5.74) is 1.60. The highest BCUT2D eigenvalue weighted by Gasteiger charge is 2.26. The van der Waals surface area contributed by atoms with Crippen LogP contribution in [0.4, 0.5) is 0 Å². The van der Waals surface area contributed by atoms with E-state index in [4.69, 9.17) is 4.74 Å². The molecular weight excluding hydrogens is 414 g/mol. The van der Waals surface area contributed by atoms with E-state index in [0.717, 1.165) is 19.6 Å². The summed E-state index contributed by atoms with van der Waals surface area (Å²) >= 11 is 0. The first-order valence-corrected chi connectivity index (χ1v) is 12.1. The lowest BCUT2D eigenvalue weighted by Crippen LogP contribution is -2.48. The van der Waals surface area contributed by atoms with Crippen LogP contribution < -0.4 is 9.46 Å². The minimum Gasteiger partial charge on any atom is -0.492 e. The maximum atomic E-state index is 13.1. The minimum atomic E-state index is -3.80. The largest absolute Gasteiger partial charge is 0.492 e. The van der Waals surface area contributed by atoms with Gasteiger partial charge >= 0.3 is 0 Å². The molecular formula is C23H31N3O4S. The molecule has 1 heterocycles. The lowest BCUT2D eigenvalue weighted by molar-refractivity contribution is 0.0628. The molecule has 0 radical (unpaired) electrons. The third-order valence-electron chi connectivity index (χ3n) is 5.08. The Balaban J connectivity index is 1.72. The van der Waals surface area contributed by atoms with Gasteiger partial charge in [-0.05, 0) is 44.5 Å². The molecule has 1 saturated heterocycles. The van der Waals surface area contributed by atoms with Crippen molar-refractivity contribution in [2.45, 2.75) is 38.3 Å². The van der Waals surface area contributed by atoms with Crippen molar-refractivity contribution >= 4 is 15.9 Å². The Morgan fingerprint density at radius 1 is 1.06 bits per heavy atom. The monoisotopic (exact) mass is 445 g/mol. The normalized spacial score (nSPS) is 15.3. The van der Waals surface area contributed by atoms with Crippen molar-refractivity contribution in [3.05, 3.63) is 59.7 Å². The Labute approximate surface area is 185 Å². The Morgan fingerprint density at radius 2 is 1.74 bits per heavy atom. The summed E-state index contributed by atoms with van der Waals surface area (Å²) in [5, 5.41) is 0. The molecule has 31 heavy (non-hydrogen) atoms. The van der Waals surface area contributed by atoms with Gasteiger partial charge in [0.1, 0.15) is 10.6 Å². The van der Waals surface area contributed by atoms with E-state index in [1.54, 1.807) is 37.8 Å². The number of piperazine rings is 1. The van der Waals surface area contributed by atoms with Crippen molar-refractivity contribution < 1.29 is 17.9 Å². The molecule has 1 aliphatic heterocycles. The van der Waals surface area contributed by atoms with Gasteiger partial charge in [-0.1, -0.05) is 30.3 Å². The molecule has 0 spiro atoms. The fraction of sp³-hybridized carbons (Fsp3) is 0.435. The molecule has 7 nitrogen and oxygen atoms in total. The highest BCUT2D eigenvalue weighted by molar-refractivity contribution is 7.89. The van der Waals surface area contributed by atoms with Gasteiger partial charge in [0.25, 0.3) is 5.91 Å². The third kappa shape index (κ3) is 6.06. The van der Waals surface area contributed by atoms with Crippen molar-refractivity contribution in [2.75, 3.05) is 32.8 Å². The van der Waals surface area contributed by atoms with Gasteiger partial charge in [0.15, 0.2) is 0 Å². The number of nitrogens with zero attached hydrogens (tertiary/aromatic N) is 2. The quantitative estimate of drug-likeness (QED) is 0.676. The molecule has 0 aromatic heterocycles. The zero-order valence-electron chi connectivity index (χ0n) is 18.4. The van der Waals surface area contributed by atoms with Crippen molar-refractivity contribution in [1.82, 2.24) is 14.5 Å². The first kappa shape index (κ1) is 23.2. The van der Waals surface area contributed by atoms with Crippen LogP contribution in [0, 0.1) is 0 Å². The topological polar surface area (TPSA) is 79.0 Å². The second-order valence-electron chi connectivity index (χ2n) is 7.92. The fourth-order valence-corrected chi connectivity index (χ4v) is 5.05. The number of amides is 1. The summed E-state index contributed by atoms with van der Waals surface area (Å²) in [5.74, 6) is 0.0864. The molecule has 0 atom stereocenters. The number of carbonyl (C=O) groups excluding carboxylic acids is 1. The number of nitrogens with one attached hydrogen (secondary N) is 1. The second kappa shape index (κ2) is 10.3. The maximum Gasteiger partial charge on any atom is 0.253 e. The molecule has 168 valence electrons. The molecule has 8 heteroatoms. The number of sulfonamides is 1. The average Bonchev–Trinajstić information content (AvgIpc) is 2.74. The number of hydrogen-bond donors (Lipinski definition) is 1. The minimum absolute atomic E-state index is 0.00314. The Morgan fingerprint density at radius 3 is 2.35 bits per heavy atom. The molecule has 1 fully saturated rings. The van der Waals surface area contributed by atoms with E-state index in [1.807, 2.05) is 18.2 Å². The van der Waals surface area contributed by atoms with Crippen LogP contribution in [-0.4, -0.2) is 63.0 Å². The molecule has 0 bridgehead atoms. The highest BCUT2D eigenvalue weighted by Crippen LogP contribution is 2.26. The van der Waals surface area contributed by atoms with E-state index < -0.39 is 10.0 Å². The summed E-state index contributed by atoms with van der Waals surface area (Å²) in [6.07, 6.45) is 0. The van der Waals surface area contributed by atoms with Crippen molar-refractivity contribution in [2.24, 2.45) is 0 Å². The third-order valence-corrected chi connectivity index (χ3v) is 6.76. The predicted octanol–water partition coefficient (Wildman–Crippen LogP) is 2.73. The molecule has 0 aliphatic carbocycles. The SMILES string of the molecule is CCOc1ccc(C(=O)N2CCN(Cc3ccccc3)CC2)cc1S(=O)(=O)NC(C)C. The van der Waals surface area contributed by atoms with Gasteiger partial charge in [-0.25, -0.2) is 13.1 Å². The van der Waals surface area contributed by atoms with Crippen molar-refractivity contribution in [1.29, 1.82) is 0 Å². The number of carbonyl (C=O) groups is 1. The van der Waals surface area contributed by atoms with Crippen LogP contribution in [0.25, 0.3) is 0 Å². The van der Waals surface area contributed by atoms with Gasteiger partial charge in [0.05, 0.1) is 6.61 Å². The number of hydrogen-bond acceptors (Lipinski definition) is 5. The molecule has 1 N–H and O–H groups in total. The van der Waals surface area contributed by atoms with Crippen LogP contribution >= 0.6 is 0 Å². The summed E-state index contributed by atoms with van der Waals surface area (Å²) in [6, 6.07) is 14.6. The Hall–Kier alpha value is -2.42. The molecule has 3 rings (SSSR count). The second-order valence-corrected chi connectivity index (χ2v) is 9.61. The standard InChI is InChI=1S/C23H31N3O4S/c1-4-30-21-11-10-20(16-22(21)31(28,29)24-18(2)3)23(27)26-14-12-25(13-15-26)17-19-8-6-5-7-9-19/h5-11,16,18,24H,4,12-15,17H2,1-3H3. The maximum absolute atomic E-state index is 13.1. The summed E-state index contributed by atoms with van der Waals surface area (Å²) < 4.78 is 33.6. The van der Waals surface area contributed by atoms with Crippen molar-refractivity contribution in [3.8, 4) is 5.75 Å². The van der Waals surface area contributed by atoms with Crippen LogP contribution in [0.15, 0.2) is 53.4 Å². The van der Waals surface area contributed by atoms with Crippen LogP contribution in [0.2, 0.25) is 0 Å². The van der Waals surface area contributed by atoms with Crippen LogP contribution in [-0.2, 0) is 16.6 Å². The molecule has 2 aromatic rings. The number of ether oxygens (including phenoxy) is 1. The summed E-state index contributed by atoms with van der Waals surface area (Å²) in [6.45, 7) is 9.24. The van der Waals surface area contributed by atoms with Crippen molar-refractivity contribution in [3.63, 3.8) is 0 Å². The van der Waals surface area contributed by atoms with E-state index in [0.29, 0.717) is 25.3 Å². The molecule has 0 unspecified atom stereocenters. The van der Waals surface area contributed by atoms with E-state index in [1.165, 1.54) is 11.6 Å². The lowest BCUT2D eigenvalue weighted by atomic mass is 10.1. The van der Waals surface area contributed by atoms with E-state index in [-0.39, 0.29) is 22.6 Å². The highest BCUT2D eigenvalue weighted by atomic mass is 32.2. The summed E-state index contributed by atoms with van der Waals surface area (Å²) in [4.78, 5) is 17.2. The van der Waals surface area contributed by atoms with E-state index in [2.05, 4.69) is 21.8 Å². The molecule has 1 amide bonds. The Bertz CT molecular complexity index is 985. The number of benzene rings is 2. The Kier molecular flexibility index (Phi) is 7.69. The fourth-order valence-electron chi connectivity index (χ4n) is 3.63. The molecule has 1 aliphatic rings. The zero-order chi connectivity index (χ0) is 22.4. The first-order valence-electron chi connectivity index (χ1n) is 10.6. The van der Waals surface area contributed by atoms with Crippen LogP contribution in [0.5, 0.6) is 5.75 Å². The van der Waals surface area contributed by atoms with Gasteiger partial charge in [0.2, 0.25) is 10.0 Å². The first-order chi connectivity index (χ1) is 14.8. The van der Waals surface area contributed by atoms with Gasteiger partial charge < -0.3 is 9.64 Å². The summed E-state index contributed by atoms with van der Waals surface area (Å²) in [7, 11) is -3.80. The van der Waals surface area contributed by atoms with Gasteiger partial charge in [-0.3, -0.25) is 9.69 Å². The average molecular weight is 446 g/mol. The number of rotatable bonds is 8. The van der Waals surface area contributed by atoms with Crippen LogP contribution in [0.1, 0.15) is 36.7 Å². The lowest BCUT2D eigenvalue weighted by Gasteiger charge is -2.35. The van der Waals surface area contributed by atoms with Crippen LogP contribution in [0.3, 0.4) is 0 Å². The van der Waals surface area contributed by atoms with Gasteiger partial charge in [-0.2, -0.15) is 0 Å². The smallest absolute Gasteiger partial charge is 0.253 e. The van der Waals surface area contributed by atoms with E-state index >= 15 is 0 Å². The van der Waals surface area contributed by atoms with Gasteiger partial charge in [0, 0.05) is 44.3 Å².